The summed E-state index contributed by atoms with van der Waals surface area (Å²) >= 11 is 5.82. The molecule has 0 aliphatic rings. The Labute approximate surface area is 159 Å². The fraction of sp³-hybridized carbons (Fsp3) is 0.235. The Balaban J connectivity index is 2.15. The SMILES string of the molecule is Cc1ccc(S(=O)(=O)N[C@H](C)C(=O)Nc2cc(C(F)(F)F)ccc2Cl)cc1. The van der Waals surface area contributed by atoms with Crippen LogP contribution in [-0.2, 0) is 21.0 Å². The van der Waals surface area contributed by atoms with E-state index in [9.17, 15) is 26.4 Å². The number of carbonyl (C=O) groups is 1. The first-order valence-electron chi connectivity index (χ1n) is 7.67. The Hall–Kier alpha value is -2.10. The van der Waals surface area contributed by atoms with Crippen molar-refractivity contribution in [3.63, 3.8) is 0 Å². The summed E-state index contributed by atoms with van der Waals surface area (Å²) in [7, 11) is -3.98. The van der Waals surface area contributed by atoms with Crippen LogP contribution >= 0.6 is 11.6 Å². The molecule has 0 saturated carbocycles. The lowest BCUT2D eigenvalue weighted by molar-refractivity contribution is -0.137. The fourth-order valence-corrected chi connectivity index (χ4v) is 3.48. The molecule has 146 valence electrons. The van der Waals surface area contributed by atoms with E-state index in [2.05, 4.69) is 10.0 Å². The van der Waals surface area contributed by atoms with Crippen molar-refractivity contribution in [3.05, 3.63) is 58.6 Å². The predicted octanol–water partition coefficient (Wildman–Crippen LogP) is 3.97. The normalized spacial score (nSPS) is 13.3. The molecular formula is C17H16ClF3N2O3S. The summed E-state index contributed by atoms with van der Waals surface area (Å²) in [5.74, 6) is -0.855. The predicted molar refractivity (Wildman–Crippen MR) is 96.0 cm³/mol. The van der Waals surface area contributed by atoms with Crippen molar-refractivity contribution in [3.8, 4) is 0 Å². The maximum Gasteiger partial charge on any atom is 0.416 e. The number of hydrogen-bond acceptors (Lipinski definition) is 3. The van der Waals surface area contributed by atoms with E-state index in [1.165, 1.54) is 19.1 Å². The molecule has 1 atom stereocenters. The van der Waals surface area contributed by atoms with Gasteiger partial charge in [0.15, 0.2) is 0 Å². The molecule has 2 N–H and O–H groups in total. The number of sulfonamides is 1. The van der Waals surface area contributed by atoms with E-state index >= 15 is 0 Å². The Morgan fingerprint density at radius 1 is 1.11 bits per heavy atom. The molecule has 0 aliphatic heterocycles. The third-order valence-corrected chi connectivity index (χ3v) is 5.49. The molecule has 27 heavy (non-hydrogen) atoms. The molecule has 0 heterocycles. The smallest absolute Gasteiger partial charge is 0.323 e. The maximum absolute atomic E-state index is 12.8. The molecule has 0 spiro atoms. The van der Waals surface area contributed by atoms with Crippen molar-refractivity contribution >= 4 is 33.2 Å². The van der Waals surface area contributed by atoms with Gasteiger partial charge in [-0.2, -0.15) is 17.9 Å². The van der Waals surface area contributed by atoms with Gasteiger partial charge in [-0.1, -0.05) is 29.3 Å². The van der Waals surface area contributed by atoms with Gasteiger partial charge in [-0.05, 0) is 44.2 Å². The van der Waals surface area contributed by atoms with Crippen molar-refractivity contribution < 1.29 is 26.4 Å². The van der Waals surface area contributed by atoms with Crippen molar-refractivity contribution in [2.24, 2.45) is 0 Å². The number of hydrogen-bond donors (Lipinski definition) is 2. The summed E-state index contributed by atoms with van der Waals surface area (Å²) < 4.78 is 65.1. The molecule has 0 saturated heterocycles. The van der Waals surface area contributed by atoms with Crippen molar-refractivity contribution in [2.75, 3.05) is 5.32 Å². The molecule has 0 aromatic heterocycles. The standard InChI is InChI=1S/C17H16ClF3N2O3S/c1-10-3-6-13(7-4-10)27(25,26)23-11(2)16(24)22-15-9-12(17(19,20)21)5-8-14(15)18/h3-9,11,23H,1-2H3,(H,22,24)/t11-/m1/s1. The Kier molecular flexibility index (Phi) is 6.18. The summed E-state index contributed by atoms with van der Waals surface area (Å²) in [5, 5.41) is 2.10. The van der Waals surface area contributed by atoms with E-state index in [-0.39, 0.29) is 15.6 Å². The largest absolute Gasteiger partial charge is 0.416 e. The average molecular weight is 421 g/mol. The molecule has 2 rings (SSSR count). The van der Waals surface area contributed by atoms with E-state index < -0.39 is 33.7 Å². The minimum atomic E-state index is -4.61. The molecule has 0 unspecified atom stereocenters. The van der Waals surface area contributed by atoms with Gasteiger partial charge in [0.1, 0.15) is 0 Å². The fourth-order valence-electron chi connectivity index (χ4n) is 2.11. The number of carbonyl (C=O) groups excluding carboxylic acids is 1. The van der Waals surface area contributed by atoms with Crippen LogP contribution in [0.1, 0.15) is 18.1 Å². The summed E-state index contributed by atoms with van der Waals surface area (Å²) in [4.78, 5) is 12.2. The second kappa shape index (κ2) is 7.87. The summed E-state index contributed by atoms with van der Waals surface area (Å²) in [6.07, 6.45) is -4.61. The number of halogens is 4. The Bertz CT molecular complexity index is 945. The van der Waals surface area contributed by atoms with Gasteiger partial charge < -0.3 is 5.32 Å². The van der Waals surface area contributed by atoms with Crippen molar-refractivity contribution in [1.29, 1.82) is 0 Å². The van der Waals surface area contributed by atoms with Crippen LogP contribution in [0.4, 0.5) is 18.9 Å². The van der Waals surface area contributed by atoms with Gasteiger partial charge in [-0.15, -0.1) is 0 Å². The zero-order valence-electron chi connectivity index (χ0n) is 14.3. The van der Waals surface area contributed by atoms with Crippen LogP contribution in [0, 0.1) is 6.92 Å². The highest BCUT2D eigenvalue weighted by molar-refractivity contribution is 7.89. The van der Waals surface area contributed by atoms with Crippen LogP contribution < -0.4 is 10.0 Å². The number of alkyl halides is 3. The minimum Gasteiger partial charge on any atom is -0.323 e. The van der Waals surface area contributed by atoms with E-state index in [0.717, 1.165) is 17.7 Å². The number of nitrogens with one attached hydrogen (secondary N) is 2. The second-order valence-corrected chi connectivity index (χ2v) is 7.96. The molecule has 0 bridgehead atoms. The van der Waals surface area contributed by atoms with Gasteiger partial charge in [0.2, 0.25) is 15.9 Å². The van der Waals surface area contributed by atoms with Gasteiger partial charge >= 0.3 is 6.18 Å². The quantitative estimate of drug-likeness (QED) is 0.768. The number of amides is 1. The topological polar surface area (TPSA) is 75.3 Å². The molecule has 5 nitrogen and oxygen atoms in total. The molecule has 10 heteroatoms. The zero-order chi connectivity index (χ0) is 20.4. The Morgan fingerprint density at radius 3 is 2.26 bits per heavy atom. The third-order valence-electron chi connectivity index (χ3n) is 3.61. The van der Waals surface area contributed by atoms with Gasteiger partial charge in [-0.25, -0.2) is 8.42 Å². The van der Waals surface area contributed by atoms with Crippen molar-refractivity contribution in [1.82, 2.24) is 4.72 Å². The number of aryl methyl sites for hydroxylation is 1. The second-order valence-electron chi connectivity index (χ2n) is 5.84. The highest BCUT2D eigenvalue weighted by Gasteiger charge is 2.31. The Morgan fingerprint density at radius 2 is 1.70 bits per heavy atom. The first-order chi connectivity index (χ1) is 12.4. The van der Waals surface area contributed by atoms with Gasteiger partial charge in [0, 0.05) is 0 Å². The highest BCUT2D eigenvalue weighted by atomic mass is 35.5. The molecule has 2 aromatic rings. The van der Waals surface area contributed by atoms with Crippen LogP contribution in [0.25, 0.3) is 0 Å². The van der Waals surface area contributed by atoms with Crippen LogP contribution in [0.3, 0.4) is 0 Å². The lowest BCUT2D eigenvalue weighted by Gasteiger charge is -2.16. The lowest BCUT2D eigenvalue weighted by Crippen LogP contribution is -2.41. The minimum absolute atomic E-state index is 0.0372. The van der Waals surface area contributed by atoms with Crippen LogP contribution in [0.2, 0.25) is 5.02 Å². The van der Waals surface area contributed by atoms with Crippen LogP contribution in [0.5, 0.6) is 0 Å². The van der Waals surface area contributed by atoms with Gasteiger partial charge in [0.25, 0.3) is 0 Å². The molecule has 0 radical (unpaired) electrons. The molecular weight excluding hydrogens is 405 g/mol. The van der Waals surface area contributed by atoms with E-state index in [4.69, 9.17) is 11.6 Å². The molecule has 0 fully saturated rings. The highest BCUT2D eigenvalue weighted by Crippen LogP contribution is 2.33. The van der Waals surface area contributed by atoms with Gasteiger partial charge in [-0.3, -0.25) is 4.79 Å². The summed E-state index contributed by atoms with van der Waals surface area (Å²) in [6.45, 7) is 3.06. The van der Waals surface area contributed by atoms with E-state index in [1.54, 1.807) is 19.1 Å². The maximum atomic E-state index is 12.8. The molecule has 0 aliphatic carbocycles. The van der Waals surface area contributed by atoms with Gasteiger partial charge in [0.05, 0.1) is 27.2 Å². The summed E-state index contributed by atoms with van der Waals surface area (Å²) in [6, 6.07) is 7.17. The van der Waals surface area contributed by atoms with Crippen LogP contribution in [-0.4, -0.2) is 20.4 Å². The number of anilines is 1. The number of benzene rings is 2. The van der Waals surface area contributed by atoms with E-state index in [0.29, 0.717) is 6.07 Å². The molecule has 1 amide bonds. The third kappa shape index (κ3) is 5.44. The van der Waals surface area contributed by atoms with Crippen molar-refractivity contribution in [2.45, 2.75) is 31.0 Å². The van der Waals surface area contributed by atoms with Crippen LogP contribution in [0.15, 0.2) is 47.4 Å². The zero-order valence-corrected chi connectivity index (χ0v) is 15.8. The monoisotopic (exact) mass is 420 g/mol. The first kappa shape index (κ1) is 21.2. The average Bonchev–Trinajstić information content (AvgIpc) is 2.55. The summed E-state index contributed by atoms with van der Waals surface area (Å²) in [5.41, 5.74) is -0.396. The lowest BCUT2D eigenvalue weighted by atomic mass is 10.2. The number of rotatable bonds is 5. The first-order valence-corrected chi connectivity index (χ1v) is 9.53. The van der Waals surface area contributed by atoms with E-state index in [1.807, 2.05) is 0 Å². The molecule has 2 aromatic carbocycles.